The van der Waals surface area contributed by atoms with Crippen molar-refractivity contribution in [1.29, 1.82) is 0 Å². The molecule has 3 rings (SSSR count). The quantitative estimate of drug-likeness (QED) is 0.923. The van der Waals surface area contributed by atoms with Crippen LogP contribution in [0.15, 0.2) is 22.7 Å². The normalized spacial score (nSPS) is 22.4. The van der Waals surface area contributed by atoms with Crippen molar-refractivity contribution < 1.29 is 4.74 Å². The predicted molar refractivity (Wildman–Crippen MR) is 80.2 cm³/mol. The molecule has 3 nitrogen and oxygen atoms in total. The molecule has 4 heteroatoms. The third-order valence-corrected chi connectivity index (χ3v) is 4.96. The third-order valence-electron chi connectivity index (χ3n) is 4.22. The molecule has 1 saturated carbocycles. The van der Waals surface area contributed by atoms with E-state index < -0.39 is 0 Å². The van der Waals surface area contributed by atoms with Gasteiger partial charge in [0.15, 0.2) is 0 Å². The van der Waals surface area contributed by atoms with Gasteiger partial charge in [0.1, 0.15) is 0 Å². The van der Waals surface area contributed by atoms with Gasteiger partial charge in [-0.1, -0.05) is 28.1 Å². The summed E-state index contributed by atoms with van der Waals surface area (Å²) in [6.07, 6.45) is 3.32. The molecule has 1 aromatic rings. The summed E-state index contributed by atoms with van der Waals surface area (Å²) in [4.78, 5) is 2.47. The van der Waals surface area contributed by atoms with Crippen molar-refractivity contribution in [3.8, 4) is 0 Å². The Morgan fingerprint density at radius 1 is 1.26 bits per heavy atom. The number of halogens is 1. The molecule has 104 valence electrons. The summed E-state index contributed by atoms with van der Waals surface area (Å²) in [5.74, 6) is 0. The van der Waals surface area contributed by atoms with E-state index in [0.29, 0.717) is 0 Å². The molecule has 2 N–H and O–H groups in total. The van der Waals surface area contributed by atoms with Gasteiger partial charge >= 0.3 is 0 Å². The van der Waals surface area contributed by atoms with E-state index in [0.717, 1.165) is 52.1 Å². The Bertz CT molecular complexity index is 453. The molecular weight excluding hydrogens is 304 g/mol. The zero-order valence-corrected chi connectivity index (χ0v) is 12.8. The molecule has 1 aliphatic carbocycles. The number of nitrogens with zero attached hydrogens (tertiary/aromatic N) is 1. The highest BCUT2D eigenvalue weighted by atomic mass is 79.9. The first-order valence-electron chi connectivity index (χ1n) is 7.05. The van der Waals surface area contributed by atoms with Gasteiger partial charge in [-0.2, -0.15) is 0 Å². The number of ether oxygens (including phenoxy) is 1. The van der Waals surface area contributed by atoms with Gasteiger partial charge < -0.3 is 10.5 Å². The second-order valence-electron chi connectivity index (χ2n) is 5.67. The lowest BCUT2D eigenvalue weighted by Gasteiger charge is -2.26. The molecule has 1 aromatic carbocycles. The molecule has 0 spiro atoms. The maximum atomic E-state index is 6.23. The Hall–Kier alpha value is -0.420. The van der Waals surface area contributed by atoms with E-state index in [9.17, 15) is 0 Å². The van der Waals surface area contributed by atoms with Gasteiger partial charge in [0.2, 0.25) is 0 Å². The third kappa shape index (κ3) is 3.19. The molecule has 2 fully saturated rings. The first-order valence-corrected chi connectivity index (χ1v) is 7.85. The largest absolute Gasteiger partial charge is 0.379 e. The summed E-state index contributed by atoms with van der Waals surface area (Å²) in [5.41, 5.74) is 8.85. The van der Waals surface area contributed by atoms with Gasteiger partial charge in [0, 0.05) is 29.6 Å². The zero-order valence-electron chi connectivity index (χ0n) is 11.2. The maximum Gasteiger partial charge on any atom is 0.0594 e. The van der Waals surface area contributed by atoms with E-state index in [1.807, 2.05) is 0 Å². The number of hydrogen-bond acceptors (Lipinski definition) is 3. The Balaban J connectivity index is 1.61. The molecule has 2 aliphatic rings. The van der Waals surface area contributed by atoms with Crippen LogP contribution in [-0.2, 0) is 16.7 Å². The summed E-state index contributed by atoms with van der Waals surface area (Å²) in [6, 6.07) is 6.64. The van der Waals surface area contributed by atoms with Gasteiger partial charge in [-0.15, -0.1) is 0 Å². The molecular formula is C15H21BrN2O. The van der Waals surface area contributed by atoms with E-state index in [2.05, 4.69) is 39.0 Å². The lowest BCUT2D eigenvalue weighted by atomic mass is 10.0. The first-order chi connectivity index (χ1) is 9.17. The average Bonchev–Trinajstić information content (AvgIpc) is 3.18. The van der Waals surface area contributed by atoms with Crippen LogP contribution in [0.3, 0.4) is 0 Å². The van der Waals surface area contributed by atoms with E-state index >= 15 is 0 Å². The second-order valence-corrected chi connectivity index (χ2v) is 6.52. The fraction of sp³-hybridized carbons (Fsp3) is 0.600. The Kier molecular flexibility index (Phi) is 3.94. The molecule has 0 atom stereocenters. The van der Waals surface area contributed by atoms with E-state index in [4.69, 9.17) is 10.5 Å². The SMILES string of the molecule is NC1(c2ccc(CCN3CCOCC3)c(Br)c2)CC1. The molecule has 0 unspecified atom stereocenters. The van der Waals surface area contributed by atoms with Gasteiger partial charge in [-0.05, 0) is 36.5 Å². The van der Waals surface area contributed by atoms with Gasteiger partial charge in [-0.3, -0.25) is 4.90 Å². The average molecular weight is 325 g/mol. The van der Waals surface area contributed by atoms with Gasteiger partial charge in [0.05, 0.1) is 13.2 Å². The van der Waals surface area contributed by atoms with E-state index in [-0.39, 0.29) is 5.54 Å². The van der Waals surface area contributed by atoms with Crippen molar-refractivity contribution in [2.24, 2.45) is 5.73 Å². The number of nitrogens with two attached hydrogens (primary N) is 1. The highest BCUT2D eigenvalue weighted by Crippen LogP contribution is 2.43. The van der Waals surface area contributed by atoms with Crippen LogP contribution in [0.1, 0.15) is 24.0 Å². The molecule has 0 bridgehead atoms. The standard InChI is InChI=1S/C15H21BrN2O/c16-14-11-13(15(17)4-5-15)2-1-12(14)3-6-18-7-9-19-10-8-18/h1-2,11H,3-10,17H2. The number of rotatable bonds is 4. The topological polar surface area (TPSA) is 38.5 Å². The van der Waals surface area contributed by atoms with Crippen LogP contribution in [0.4, 0.5) is 0 Å². The van der Waals surface area contributed by atoms with Crippen LogP contribution in [-0.4, -0.2) is 37.7 Å². The van der Waals surface area contributed by atoms with E-state index in [1.165, 1.54) is 15.6 Å². The van der Waals surface area contributed by atoms with Crippen molar-refractivity contribution in [2.75, 3.05) is 32.8 Å². The zero-order chi connectivity index (χ0) is 13.3. The minimum absolute atomic E-state index is 0.0364. The van der Waals surface area contributed by atoms with Gasteiger partial charge in [-0.25, -0.2) is 0 Å². The van der Waals surface area contributed by atoms with Gasteiger partial charge in [0.25, 0.3) is 0 Å². The summed E-state index contributed by atoms with van der Waals surface area (Å²) in [7, 11) is 0. The summed E-state index contributed by atoms with van der Waals surface area (Å²) >= 11 is 3.69. The number of benzene rings is 1. The summed E-state index contributed by atoms with van der Waals surface area (Å²) in [5, 5.41) is 0. The molecule has 1 saturated heterocycles. The molecule has 1 heterocycles. The number of morpholine rings is 1. The molecule has 0 amide bonds. The maximum absolute atomic E-state index is 6.23. The number of hydrogen-bond donors (Lipinski definition) is 1. The monoisotopic (exact) mass is 324 g/mol. The Morgan fingerprint density at radius 3 is 2.63 bits per heavy atom. The van der Waals surface area contributed by atoms with Crippen molar-refractivity contribution >= 4 is 15.9 Å². The highest BCUT2D eigenvalue weighted by Gasteiger charge is 2.40. The minimum atomic E-state index is -0.0364. The van der Waals surface area contributed by atoms with Crippen LogP contribution in [0.5, 0.6) is 0 Å². The molecule has 0 aromatic heterocycles. The molecule has 19 heavy (non-hydrogen) atoms. The molecule has 1 aliphatic heterocycles. The van der Waals surface area contributed by atoms with Crippen LogP contribution in [0.2, 0.25) is 0 Å². The Labute approximate surface area is 123 Å². The summed E-state index contributed by atoms with van der Waals surface area (Å²) < 4.78 is 6.57. The first kappa shape index (κ1) is 13.6. The fourth-order valence-electron chi connectivity index (χ4n) is 2.59. The Morgan fingerprint density at radius 2 is 2.00 bits per heavy atom. The smallest absolute Gasteiger partial charge is 0.0594 e. The highest BCUT2D eigenvalue weighted by molar-refractivity contribution is 9.10. The summed E-state index contributed by atoms with van der Waals surface area (Å²) in [6.45, 7) is 4.96. The van der Waals surface area contributed by atoms with E-state index in [1.54, 1.807) is 0 Å². The van der Waals surface area contributed by atoms with Crippen molar-refractivity contribution in [2.45, 2.75) is 24.8 Å². The lowest BCUT2D eigenvalue weighted by Crippen LogP contribution is -2.37. The van der Waals surface area contributed by atoms with Crippen molar-refractivity contribution in [3.63, 3.8) is 0 Å². The fourth-order valence-corrected chi connectivity index (χ4v) is 3.16. The van der Waals surface area contributed by atoms with Crippen molar-refractivity contribution in [1.82, 2.24) is 4.90 Å². The van der Waals surface area contributed by atoms with Crippen LogP contribution >= 0.6 is 15.9 Å². The predicted octanol–water partition coefficient (Wildman–Crippen LogP) is 2.27. The van der Waals surface area contributed by atoms with Crippen molar-refractivity contribution in [3.05, 3.63) is 33.8 Å². The minimum Gasteiger partial charge on any atom is -0.379 e. The molecule has 0 radical (unpaired) electrons. The lowest BCUT2D eigenvalue weighted by molar-refractivity contribution is 0.0384. The second kappa shape index (κ2) is 5.52. The van der Waals surface area contributed by atoms with Crippen LogP contribution in [0.25, 0.3) is 0 Å². The van der Waals surface area contributed by atoms with Crippen LogP contribution in [0, 0.1) is 0 Å². The van der Waals surface area contributed by atoms with Crippen LogP contribution < -0.4 is 5.73 Å².